The van der Waals surface area contributed by atoms with Crippen molar-refractivity contribution in [3.05, 3.63) is 35.2 Å². The number of methoxy groups -OCH3 is 1. The molecule has 0 unspecified atom stereocenters. The third-order valence-corrected chi connectivity index (χ3v) is 4.32. The van der Waals surface area contributed by atoms with E-state index in [4.69, 9.17) is 15.2 Å². The predicted octanol–water partition coefficient (Wildman–Crippen LogP) is 1.78. The SMILES string of the molecule is COc1cc(CCCc2nc(N)nc(N3CCOCC3)n2)ccc1C. The Hall–Kier alpha value is -2.41. The summed E-state index contributed by atoms with van der Waals surface area (Å²) in [6.07, 6.45) is 2.65. The van der Waals surface area contributed by atoms with Crippen molar-refractivity contribution in [2.75, 3.05) is 44.0 Å². The lowest BCUT2D eigenvalue weighted by atomic mass is 10.1. The van der Waals surface area contributed by atoms with E-state index in [1.165, 1.54) is 5.56 Å². The number of hydrogen-bond acceptors (Lipinski definition) is 7. The first kappa shape index (κ1) is 17.4. The van der Waals surface area contributed by atoms with Crippen LogP contribution in [0.2, 0.25) is 0 Å². The Bertz CT molecular complexity index is 717. The minimum atomic E-state index is 0.281. The van der Waals surface area contributed by atoms with Gasteiger partial charge in [-0.3, -0.25) is 0 Å². The lowest BCUT2D eigenvalue weighted by Gasteiger charge is -2.26. The van der Waals surface area contributed by atoms with Gasteiger partial charge in [0, 0.05) is 19.5 Å². The molecule has 0 aliphatic carbocycles. The molecule has 1 aliphatic rings. The second kappa shape index (κ2) is 8.11. The molecule has 25 heavy (non-hydrogen) atoms. The largest absolute Gasteiger partial charge is 0.496 e. The first-order valence-electron chi connectivity index (χ1n) is 8.62. The predicted molar refractivity (Wildman–Crippen MR) is 97.0 cm³/mol. The number of nitrogens with zero attached hydrogens (tertiary/aromatic N) is 4. The molecule has 0 saturated carbocycles. The number of nitrogen functional groups attached to an aromatic ring is 1. The molecule has 1 saturated heterocycles. The molecule has 0 amide bonds. The van der Waals surface area contributed by atoms with Gasteiger partial charge in [-0.2, -0.15) is 15.0 Å². The fourth-order valence-corrected chi connectivity index (χ4v) is 2.91. The minimum Gasteiger partial charge on any atom is -0.496 e. The first-order chi connectivity index (χ1) is 12.2. The zero-order valence-electron chi connectivity index (χ0n) is 14.9. The number of ether oxygens (including phenoxy) is 2. The van der Waals surface area contributed by atoms with Crippen molar-refractivity contribution in [1.29, 1.82) is 0 Å². The molecule has 134 valence electrons. The highest BCUT2D eigenvalue weighted by Crippen LogP contribution is 2.20. The number of benzene rings is 1. The first-order valence-corrected chi connectivity index (χ1v) is 8.62. The summed E-state index contributed by atoms with van der Waals surface area (Å²) >= 11 is 0. The Morgan fingerprint density at radius 3 is 2.72 bits per heavy atom. The van der Waals surface area contributed by atoms with Gasteiger partial charge in [-0.15, -0.1) is 0 Å². The van der Waals surface area contributed by atoms with E-state index in [0.717, 1.165) is 49.5 Å². The average molecular weight is 343 g/mol. The van der Waals surface area contributed by atoms with Crippen molar-refractivity contribution in [1.82, 2.24) is 15.0 Å². The lowest BCUT2D eigenvalue weighted by molar-refractivity contribution is 0.122. The monoisotopic (exact) mass is 343 g/mol. The molecule has 2 N–H and O–H groups in total. The molecule has 1 aromatic carbocycles. The van der Waals surface area contributed by atoms with E-state index in [1.807, 2.05) is 6.92 Å². The van der Waals surface area contributed by atoms with E-state index in [9.17, 15) is 0 Å². The fourth-order valence-electron chi connectivity index (χ4n) is 2.91. The zero-order chi connectivity index (χ0) is 17.6. The quantitative estimate of drug-likeness (QED) is 0.855. The van der Waals surface area contributed by atoms with Gasteiger partial charge in [0.15, 0.2) is 0 Å². The third kappa shape index (κ3) is 4.57. The van der Waals surface area contributed by atoms with Gasteiger partial charge in [0.25, 0.3) is 0 Å². The van der Waals surface area contributed by atoms with Crippen LogP contribution in [0.15, 0.2) is 18.2 Å². The number of aryl methyl sites for hydroxylation is 3. The summed E-state index contributed by atoms with van der Waals surface area (Å²) in [5.74, 6) is 2.61. The van der Waals surface area contributed by atoms with Crippen LogP contribution in [-0.4, -0.2) is 48.4 Å². The molecule has 2 heterocycles. The van der Waals surface area contributed by atoms with Gasteiger partial charge < -0.3 is 20.1 Å². The molecular formula is C18H25N5O2. The van der Waals surface area contributed by atoms with Gasteiger partial charge in [0.05, 0.1) is 20.3 Å². The van der Waals surface area contributed by atoms with E-state index >= 15 is 0 Å². The summed E-state index contributed by atoms with van der Waals surface area (Å²) in [7, 11) is 1.70. The second-order valence-corrected chi connectivity index (χ2v) is 6.17. The van der Waals surface area contributed by atoms with Crippen molar-refractivity contribution in [2.45, 2.75) is 26.2 Å². The zero-order valence-corrected chi connectivity index (χ0v) is 14.9. The van der Waals surface area contributed by atoms with E-state index in [2.05, 4.69) is 38.1 Å². The Morgan fingerprint density at radius 1 is 1.16 bits per heavy atom. The summed E-state index contributed by atoms with van der Waals surface area (Å²) < 4.78 is 10.8. The molecule has 1 fully saturated rings. The van der Waals surface area contributed by atoms with Gasteiger partial charge in [-0.25, -0.2) is 0 Å². The Morgan fingerprint density at radius 2 is 1.96 bits per heavy atom. The van der Waals surface area contributed by atoms with E-state index in [-0.39, 0.29) is 5.95 Å². The molecule has 7 heteroatoms. The summed E-state index contributed by atoms with van der Waals surface area (Å²) in [4.78, 5) is 15.2. The number of aromatic nitrogens is 3. The van der Waals surface area contributed by atoms with Crippen LogP contribution in [0.5, 0.6) is 5.75 Å². The summed E-state index contributed by atoms with van der Waals surface area (Å²) in [6, 6.07) is 6.32. The van der Waals surface area contributed by atoms with Gasteiger partial charge in [0.1, 0.15) is 11.6 Å². The summed E-state index contributed by atoms with van der Waals surface area (Å²) in [5.41, 5.74) is 8.26. The summed E-state index contributed by atoms with van der Waals surface area (Å²) in [6.45, 7) is 4.99. The maximum absolute atomic E-state index is 5.87. The highest BCUT2D eigenvalue weighted by Gasteiger charge is 2.15. The molecule has 0 atom stereocenters. The van der Waals surface area contributed by atoms with Crippen molar-refractivity contribution < 1.29 is 9.47 Å². The fraction of sp³-hybridized carbons (Fsp3) is 0.500. The molecule has 0 radical (unpaired) electrons. The van der Waals surface area contributed by atoms with Crippen LogP contribution in [0.4, 0.5) is 11.9 Å². The van der Waals surface area contributed by atoms with Crippen molar-refractivity contribution in [3.63, 3.8) is 0 Å². The lowest BCUT2D eigenvalue weighted by Crippen LogP contribution is -2.37. The molecule has 0 bridgehead atoms. The van der Waals surface area contributed by atoms with E-state index in [1.54, 1.807) is 7.11 Å². The number of morpholine rings is 1. The Labute approximate surface area is 148 Å². The molecule has 1 aromatic heterocycles. The number of nitrogens with two attached hydrogens (primary N) is 1. The van der Waals surface area contributed by atoms with Gasteiger partial charge in [-0.05, 0) is 37.0 Å². The smallest absolute Gasteiger partial charge is 0.230 e. The van der Waals surface area contributed by atoms with E-state index in [0.29, 0.717) is 19.2 Å². The Kier molecular flexibility index (Phi) is 5.65. The van der Waals surface area contributed by atoms with Crippen LogP contribution in [0.1, 0.15) is 23.4 Å². The van der Waals surface area contributed by atoms with Crippen molar-refractivity contribution >= 4 is 11.9 Å². The van der Waals surface area contributed by atoms with Gasteiger partial charge in [-0.1, -0.05) is 12.1 Å². The van der Waals surface area contributed by atoms with Gasteiger partial charge in [0.2, 0.25) is 11.9 Å². The maximum Gasteiger partial charge on any atom is 0.230 e. The van der Waals surface area contributed by atoms with Crippen LogP contribution in [-0.2, 0) is 17.6 Å². The number of rotatable bonds is 6. The van der Waals surface area contributed by atoms with Crippen LogP contribution in [0.25, 0.3) is 0 Å². The number of hydrogen-bond donors (Lipinski definition) is 1. The van der Waals surface area contributed by atoms with Crippen LogP contribution in [0.3, 0.4) is 0 Å². The number of anilines is 2. The highest BCUT2D eigenvalue weighted by molar-refractivity contribution is 5.37. The van der Waals surface area contributed by atoms with Crippen LogP contribution in [0, 0.1) is 6.92 Å². The normalized spacial score (nSPS) is 14.6. The van der Waals surface area contributed by atoms with E-state index < -0.39 is 0 Å². The Balaban J connectivity index is 1.62. The average Bonchev–Trinajstić information content (AvgIpc) is 2.63. The van der Waals surface area contributed by atoms with Crippen LogP contribution >= 0.6 is 0 Å². The molecule has 1 aliphatic heterocycles. The molecular weight excluding hydrogens is 318 g/mol. The molecule has 7 nitrogen and oxygen atoms in total. The van der Waals surface area contributed by atoms with Gasteiger partial charge >= 0.3 is 0 Å². The topological polar surface area (TPSA) is 86.4 Å². The van der Waals surface area contributed by atoms with Crippen molar-refractivity contribution in [3.8, 4) is 5.75 Å². The second-order valence-electron chi connectivity index (χ2n) is 6.17. The maximum atomic E-state index is 5.87. The van der Waals surface area contributed by atoms with Crippen molar-refractivity contribution in [2.24, 2.45) is 0 Å². The molecule has 3 rings (SSSR count). The minimum absolute atomic E-state index is 0.281. The molecule has 0 spiro atoms. The summed E-state index contributed by atoms with van der Waals surface area (Å²) in [5, 5.41) is 0. The van der Waals surface area contributed by atoms with Crippen LogP contribution < -0.4 is 15.4 Å². The standard InChI is InChI=1S/C18H25N5O2/c1-13-6-7-14(12-15(13)24-2)4-3-5-16-20-17(19)22-18(21-16)23-8-10-25-11-9-23/h6-7,12H,3-5,8-11H2,1-2H3,(H2,19,20,21,22). The third-order valence-electron chi connectivity index (χ3n) is 4.32. The highest BCUT2D eigenvalue weighted by atomic mass is 16.5. The molecule has 2 aromatic rings.